The molecule has 0 unspecified atom stereocenters. The molecule has 2 atom stereocenters. The summed E-state index contributed by atoms with van der Waals surface area (Å²) >= 11 is 1.94. The lowest BCUT2D eigenvalue weighted by molar-refractivity contribution is 0.0973. The Labute approximate surface area is 143 Å². The monoisotopic (exact) mass is 419 g/mol. The molecular formula is C14H22IN5O2. The highest BCUT2D eigenvalue weighted by Crippen LogP contribution is 2.41. The van der Waals surface area contributed by atoms with E-state index in [1.807, 2.05) is 29.5 Å². The van der Waals surface area contributed by atoms with Gasteiger partial charge in [0.05, 0.1) is 12.7 Å². The Morgan fingerprint density at radius 1 is 1.41 bits per heavy atom. The number of hydrogen-bond donors (Lipinski definition) is 2. The van der Waals surface area contributed by atoms with Crippen LogP contribution >= 0.6 is 22.6 Å². The molecule has 3 rings (SSSR count). The Bertz CT molecular complexity index is 639. The summed E-state index contributed by atoms with van der Waals surface area (Å²) in [5.41, 5.74) is 12.1. The maximum atomic E-state index is 12.2. The molecule has 122 valence electrons. The molecule has 8 heteroatoms. The van der Waals surface area contributed by atoms with Crippen LogP contribution in [0.15, 0.2) is 4.79 Å². The van der Waals surface area contributed by atoms with E-state index in [9.17, 15) is 4.79 Å². The summed E-state index contributed by atoms with van der Waals surface area (Å²) in [7, 11) is 1.74. The Morgan fingerprint density at radius 3 is 2.59 bits per heavy atom. The molecule has 0 amide bonds. The van der Waals surface area contributed by atoms with Crippen LogP contribution in [0.25, 0.3) is 0 Å². The van der Waals surface area contributed by atoms with E-state index in [1.165, 1.54) is 0 Å². The predicted octanol–water partition coefficient (Wildman–Crippen LogP) is 0.300. The van der Waals surface area contributed by atoms with Gasteiger partial charge in [-0.1, -0.05) is 0 Å². The zero-order valence-corrected chi connectivity index (χ0v) is 15.0. The van der Waals surface area contributed by atoms with Crippen LogP contribution in [0.4, 0.5) is 11.8 Å². The number of ether oxygens (including phenoxy) is 1. The number of nitrogens with zero attached hydrogens (tertiary/aromatic N) is 3. The second-order valence-electron chi connectivity index (χ2n) is 6.37. The normalized spacial score (nSPS) is 27.5. The number of rotatable bonds is 1. The van der Waals surface area contributed by atoms with E-state index in [1.54, 1.807) is 11.6 Å². The van der Waals surface area contributed by atoms with Gasteiger partial charge < -0.3 is 21.1 Å². The topological polar surface area (TPSA) is 99.4 Å². The number of hydrogen-bond acceptors (Lipinski definition) is 6. The third-order valence-electron chi connectivity index (χ3n) is 5.13. The zero-order valence-electron chi connectivity index (χ0n) is 12.9. The van der Waals surface area contributed by atoms with E-state index in [0.29, 0.717) is 15.3 Å². The first-order valence-electron chi connectivity index (χ1n) is 7.50. The molecule has 0 aliphatic carbocycles. The average Bonchev–Trinajstić information content (AvgIpc) is 2.79. The van der Waals surface area contributed by atoms with E-state index < -0.39 is 0 Å². The van der Waals surface area contributed by atoms with Crippen molar-refractivity contribution in [2.75, 3.05) is 30.3 Å². The van der Waals surface area contributed by atoms with Gasteiger partial charge in [-0.05, 0) is 42.4 Å². The molecule has 1 aromatic rings. The van der Waals surface area contributed by atoms with Crippen molar-refractivity contribution < 1.29 is 4.74 Å². The molecule has 7 nitrogen and oxygen atoms in total. The standard InChI is InChI=1S/C14H22IN5O2/c1-8-10(16)14(7-22-8)3-5-20(6-4-14)13-18-11(17)9(15)12(21)19(13)2/h8,10H,3-7,16-17H2,1-2H3/t8-,10+/m0/s1. The minimum Gasteiger partial charge on any atom is -0.383 e. The molecule has 0 radical (unpaired) electrons. The SMILES string of the molecule is C[C@@H]1OCC2(CCN(c3nc(N)c(I)c(=O)n3C)CC2)[C@@H]1N. The fourth-order valence-corrected chi connectivity index (χ4v) is 3.97. The molecule has 22 heavy (non-hydrogen) atoms. The molecule has 0 bridgehead atoms. The molecule has 3 heterocycles. The second-order valence-corrected chi connectivity index (χ2v) is 7.45. The molecule has 0 aromatic carbocycles. The summed E-state index contributed by atoms with van der Waals surface area (Å²) in [5, 5.41) is 0. The van der Waals surface area contributed by atoms with Gasteiger partial charge in [-0.25, -0.2) is 0 Å². The number of nitrogens with two attached hydrogens (primary N) is 2. The molecule has 2 aliphatic heterocycles. The van der Waals surface area contributed by atoms with Crippen LogP contribution in [0.1, 0.15) is 19.8 Å². The van der Waals surface area contributed by atoms with Crippen LogP contribution in [0.3, 0.4) is 0 Å². The second kappa shape index (κ2) is 5.64. The fraction of sp³-hybridized carbons (Fsp3) is 0.714. The van der Waals surface area contributed by atoms with Crippen LogP contribution in [0, 0.1) is 8.99 Å². The molecular weight excluding hydrogens is 397 g/mol. The third kappa shape index (κ3) is 2.41. The van der Waals surface area contributed by atoms with E-state index in [0.717, 1.165) is 32.5 Å². The van der Waals surface area contributed by atoms with Gasteiger partial charge in [0.25, 0.3) is 5.56 Å². The predicted molar refractivity (Wildman–Crippen MR) is 93.9 cm³/mol. The summed E-state index contributed by atoms with van der Waals surface area (Å²) in [6, 6.07) is 0.0771. The van der Waals surface area contributed by atoms with Gasteiger partial charge in [0.15, 0.2) is 0 Å². The number of halogens is 1. The van der Waals surface area contributed by atoms with Crippen molar-refractivity contribution in [3.8, 4) is 0 Å². The Hall–Kier alpha value is -0.870. The van der Waals surface area contributed by atoms with Crippen molar-refractivity contribution in [3.05, 3.63) is 13.9 Å². The van der Waals surface area contributed by atoms with E-state index in [2.05, 4.69) is 9.88 Å². The smallest absolute Gasteiger partial charge is 0.270 e. The summed E-state index contributed by atoms with van der Waals surface area (Å²) in [5.74, 6) is 0.937. The molecule has 1 aromatic heterocycles. The zero-order chi connectivity index (χ0) is 16.1. The van der Waals surface area contributed by atoms with Crippen LogP contribution in [0.2, 0.25) is 0 Å². The van der Waals surface area contributed by atoms with Gasteiger partial charge in [0.1, 0.15) is 9.39 Å². The van der Waals surface area contributed by atoms with Crippen molar-refractivity contribution >= 4 is 34.4 Å². The van der Waals surface area contributed by atoms with Gasteiger partial charge in [-0.2, -0.15) is 4.98 Å². The summed E-state index contributed by atoms with van der Waals surface area (Å²) in [4.78, 5) is 18.7. The lowest BCUT2D eigenvalue weighted by Crippen LogP contribution is -2.51. The van der Waals surface area contributed by atoms with Gasteiger partial charge in [0.2, 0.25) is 5.95 Å². The highest BCUT2D eigenvalue weighted by atomic mass is 127. The largest absolute Gasteiger partial charge is 0.383 e. The van der Waals surface area contributed by atoms with E-state index >= 15 is 0 Å². The highest BCUT2D eigenvalue weighted by Gasteiger charge is 2.47. The van der Waals surface area contributed by atoms with Gasteiger partial charge in [-0.15, -0.1) is 0 Å². The van der Waals surface area contributed by atoms with Gasteiger partial charge in [0, 0.05) is 31.6 Å². The van der Waals surface area contributed by atoms with Crippen LogP contribution in [0.5, 0.6) is 0 Å². The first-order chi connectivity index (χ1) is 10.4. The molecule has 0 saturated carbocycles. The Morgan fingerprint density at radius 2 is 2.05 bits per heavy atom. The molecule has 2 fully saturated rings. The number of piperidine rings is 1. The van der Waals surface area contributed by atoms with E-state index in [4.69, 9.17) is 16.2 Å². The van der Waals surface area contributed by atoms with Gasteiger partial charge in [-0.3, -0.25) is 9.36 Å². The maximum absolute atomic E-state index is 12.2. The first kappa shape index (κ1) is 16.0. The Kier molecular flexibility index (Phi) is 4.11. The molecule has 2 aliphatic rings. The lowest BCUT2D eigenvalue weighted by atomic mass is 9.73. The van der Waals surface area contributed by atoms with Crippen LogP contribution in [-0.2, 0) is 11.8 Å². The number of aromatic nitrogens is 2. The average molecular weight is 419 g/mol. The minimum atomic E-state index is -0.0992. The quantitative estimate of drug-likeness (QED) is 0.636. The Balaban J connectivity index is 1.82. The van der Waals surface area contributed by atoms with Crippen molar-refractivity contribution in [3.63, 3.8) is 0 Å². The van der Waals surface area contributed by atoms with Crippen LogP contribution < -0.4 is 21.9 Å². The fourth-order valence-electron chi connectivity index (χ4n) is 3.49. The number of anilines is 2. The highest BCUT2D eigenvalue weighted by molar-refractivity contribution is 14.1. The maximum Gasteiger partial charge on any atom is 0.270 e. The summed E-state index contributed by atoms with van der Waals surface area (Å²) in [6.07, 6.45) is 2.00. The minimum absolute atomic E-state index is 0.0591. The van der Waals surface area contributed by atoms with Crippen molar-refractivity contribution in [2.45, 2.75) is 31.9 Å². The summed E-state index contributed by atoms with van der Waals surface area (Å²) in [6.45, 7) is 4.38. The molecule has 4 N–H and O–H groups in total. The third-order valence-corrected chi connectivity index (χ3v) is 6.14. The molecule has 1 spiro atoms. The van der Waals surface area contributed by atoms with Crippen LogP contribution in [-0.4, -0.2) is 41.4 Å². The lowest BCUT2D eigenvalue weighted by Gasteiger charge is -2.41. The first-order valence-corrected chi connectivity index (χ1v) is 8.58. The molecule has 2 saturated heterocycles. The summed E-state index contributed by atoms with van der Waals surface area (Å²) < 4.78 is 7.78. The van der Waals surface area contributed by atoms with Gasteiger partial charge >= 0.3 is 0 Å². The van der Waals surface area contributed by atoms with Crippen molar-refractivity contribution in [1.29, 1.82) is 0 Å². The van der Waals surface area contributed by atoms with Crippen molar-refractivity contribution in [1.82, 2.24) is 9.55 Å². The van der Waals surface area contributed by atoms with E-state index in [-0.39, 0.29) is 23.1 Å². The van der Waals surface area contributed by atoms with Crippen molar-refractivity contribution in [2.24, 2.45) is 18.2 Å². The number of nitrogen functional groups attached to an aromatic ring is 1.